The summed E-state index contributed by atoms with van der Waals surface area (Å²) in [7, 11) is 0. The van der Waals surface area contributed by atoms with Gasteiger partial charge in [-0.2, -0.15) is 0 Å². The molecule has 3 aromatic rings. The monoisotopic (exact) mass is 400 g/mol. The minimum atomic E-state index is -0.0711. The maximum atomic E-state index is 10.4. The van der Waals surface area contributed by atoms with Gasteiger partial charge in [0.1, 0.15) is 0 Å². The van der Waals surface area contributed by atoms with E-state index in [0.29, 0.717) is 0 Å². The first-order valence-corrected chi connectivity index (χ1v) is 10.9. The predicted molar refractivity (Wildman–Crippen MR) is 123 cm³/mol. The van der Waals surface area contributed by atoms with Gasteiger partial charge in [-0.3, -0.25) is 9.80 Å². The third-order valence-electron chi connectivity index (χ3n) is 6.16. The molecule has 0 spiro atoms. The summed E-state index contributed by atoms with van der Waals surface area (Å²) < 4.78 is 0. The zero-order chi connectivity index (χ0) is 20.7. The average Bonchev–Trinajstić information content (AvgIpc) is 3.18. The minimum Gasteiger partial charge on any atom is -0.396 e. The Balaban J connectivity index is 1.47. The summed E-state index contributed by atoms with van der Waals surface area (Å²) in [4.78, 5) is 5.00. The Kier molecular flexibility index (Phi) is 6.96. The quantitative estimate of drug-likeness (QED) is 0.570. The number of likely N-dealkylation sites (tertiary alicyclic amines) is 1. The van der Waals surface area contributed by atoms with Crippen molar-refractivity contribution in [2.75, 3.05) is 26.2 Å². The van der Waals surface area contributed by atoms with Crippen LogP contribution in [0, 0.1) is 5.41 Å². The molecular formula is C27H32N2O. The highest BCUT2D eigenvalue weighted by Gasteiger charge is 2.39. The van der Waals surface area contributed by atoms with E-state index in [9.17, 15) is 5.11 Å². The molecule has 1 unspecified atom stereocenters. The molecule has 0 aliphatic carbocycles. The number of hydrogen-bond acceptors (Lipinski definition) is 3. The molecule has 3 nitrogen and oxygen atoms in total. The summed E-state index contributed by atoms with van der Waals surface area (Å²) in [6.07, 6.45) is 1.04. The minimum absolute atomic E-state index is 0.0711. The van der Waals surface area contributed by atoms with Crippen LogP contribution >= 0.6 is 0 Å². The van der Waals surface area contributed by atoms with Crippen LogP contribution in [0.3, 0.4) is 0 Å². The van der Waals surface area contributed by atoms with Crippen LogP contribution in [-0.4, -0.2) is 41.1 Å². The molecule has 0 bridgehead atoms. The molecule has 1 heterocycles. The van der Waals surface area contributed by atoms with Crippen LogP contribution in [0.15, 0.2) is 91.0 Å². The smallest absolute Gasteiger partial charge is 0.0512 e. The van der Waals surface area contributed by atoms with E-state index in [2.05, 4.69) is 101 Å². The van der Waals surface area contributed by atoms with Crippen molar-refractivity contribution in [3.8, 4) is 0 Å². The largest absolute Gasteiger partial charge is 0.396 e. The van der Waals surface area contributed by atoms with E-state index in [1.807, 2.05) is 0 Å². The van der Waals surface area contributed by atoms with E-state index in [4.69, 9.17) is 0 Å². The van der Waals surface area contributed by atoms with Gasteiger partial charge in [-0.15, -0.1) is 0 Å². The maximum Gasteiger partial charge on any atom is 0.0512 e. The molecule has 1 atom stereocenters. The zero-order valence-electron chi connectivity index (χ0n) is 17.7. The Bertz CT molecular complexity index is 843. The van der Waals surface area contributed by atoms with Crippen LogP contribution in [0.4, 0.5) is 0 Å². The van der Waals surface area contributed by atoms with E-state index in [-0.39, 0.29) is 12.0 Å². The highest BCUT2D eigenvalue weighted by atomic mass is 16.3. The summed E-state index contributed by atoms with van der Waals surface area (Å²) in [5.41, 5.74) is 3.91. The summed E-state index contributed by atoms with van der Waals surface area (Å²) in [5.74, 6) is 0. The maximum absolute atomic E-state index is 10.4. The number of aliphatic hydroxyl groups is 1. The van der Waals surface area contributed by atoms with Crippen molar-refractivity contribution in [1.82, 2.24) is 9.80 Å². The van der Waals surface area contributed by atoms with E-state index in [1.54, 1.807) is 0 Å². The Morgan fingerprint density at radius 1 is 0.733 bits per heavy atom. The normalized spacial score (nSPS) is 19.4. The number of rotatable bonds is 9. The lowest BCUT2D eigenvalue weighted by atomic mass is 9.87. The van der Waals surface area contributed by atoms with Gasteiger partial charge in [-0.1, -0.05) is 91.0 Å². The van der Waals surface area contributed by atoms with Crippen LogP contribution in [0.5, 0.6) is 0 Å². The first-order chi connectivity index (χ1) is 14.7. The van der Waals surface area contributed by atoms with Crippen molar-refractivity contribution in [2.45, 2.75) is 26.1 Å². The van der Waals surface area contributed by atoms with Crippen molar-refractivity contribution in [2.24, 2.45) is 5.41 Å². The Morgan fingerprint density at radius 3 is 1.73 bits per heavy atom. The standard InChI is InChI=1S/C27H32N2O/c30-23-27(16-17-28(21-27)18-24-10-4-1-5-11-24)22-29(19-25-12-6-2-7-13-25)20-26-14-8-3-9-15-26/h1-15,30H,16-23H2. The van der Waals surface area contributed by atoms with Crippen molar-refractivity contribution in [3.63, 3.8) is 0 Å². The molecule has 0 saturated carbocycles. The van der Waals surface area contributed by atoms with Crippen LogP contribution in [0.1, 0.15) is 23.1 Å². The van der Waals surface area contributed by atoms with Crippen LogP contribution in [0.2, 0.25) is 0 Å². The SMILES string of the molecule is OCC1(CN(Cc2ccccc2)Cc2ccccc2)CCN(Cc2ccccc2)C1. The summed E-state index contributed by atoms with van der Waals surface area (Å²) in [6, 6.07) is 32.0. The van der Waals surface area contributed by atoms with Gasteiger partial charge in [0.25, 0.3) is 0 Å². The van der Waals surface area contributed by atoms with Gasteiger partial charge in [-0.05, 0) is 29.7 Å². The van der Waals surface area contributed by atoms with Gasteiger partial charge in [0, 0.05) is 38.1 Å². The lowest BCUT2D eigenvalue weighted by Gasteiger charge is -2.34. The molecule has 3 aromatic carbocycles. The molecule has 0 amide bonds. The number of aliphatic hydroxyl groups excluding tert-OH is 1. The molecule has 0 radical (unpaired) electrons. The van der Waals surface area contributed by atoms with Gasteiger partial charge in [0.05, 0.1) is 6.61 Å². The van der Waals surface area contributed by atoms with Gasteiger partial charge < -0.3 is 5.11 Å². The highest BCUT2D eigenvalue weighted by molar-refractivity contribution is 5.18. The molecule has 1 N–H and O–H groups in total. The van der Waals surface area contributed by atoms with Crippen LogP contribution in [-0.2, 0) is 19.6 Å². The predicted octanol–water partition coefficient (Wildman–Crippen LogP) is 4.57. The molecule has 4 rings (SSSR count). The van der Waals surface area contributed by atoms with E-state index < -0.39 is 0 Å². The molecule has 156 valence electrons. The summed E-state index contributed by atoms with van der Waals surface area (Å²) >= 11 is 0. The highest BCUT2D eigenvalue weighted by Crippen LogP contribution is 2.33. The fraction of sp³-hybridized carbons (Fsp3) is 0.333. The third kappa shape index (κ3) is 5.57. The second-order valence-electron chi connectivity index (χ2n) is 8.72. The topological polar surface area (TPSA) is 26.7 Å². The third-order valence-corrected chi connectivity index (χ3v) is 6.16. The number of benzene rings is 3. The average molecular weight is 401 g/mol. The second kappa shape index (κ2) is 10.0. The van der Waals surface area contributed by atoms with Gasteiger partial charge in [0.15, 0.2) is 0 Å². The molecule has 1 saturated heterocycles. The van der Waals surface area contributed by atoms with E-state index >= 15 is 0 Å². The van der Waals surface area contributed by atoms with Crippen molar-refractivity contribution < 1.29 is 5.11 Å². The van der Waals surface area contributed by atoms with Crippen molar-refractivity contribution >= 4 is 0 Å². The van der Waals surface area contributed by atoms with E-state index in [1.165, 1.54) is 16.7 Å². The fourth-order valence-corrected chi connectivity index (χ4v) is 4.64. The molecule has 3 heteroatoms. The molecule has 1 aliphatic heterocycles. The molecule has 1 fully saturated rings. The fourth-order valence-electron chi connectivity index (χ4n) is 4.64. The summed E-state index contributed by atoms with van der Waals surface area (Å²) in [6.45, 7) is 5.88. The first-order valence-electron chi connectivity index (χ1n) is 10.9. The van der Waals surface area contributed by atoms with Gasteiger partial charge >= 0.3 is 0 Å². The molecular weight excluding hydrogens is 368 g/mol. The van der Waals surface area contributed by atoms with Gasteiger partial charge in [0.2, 0.25) is 0 Å². The lowest BCUT2D eigenvalue weighted by Crippen LogP contribution is -2.41. The Morgan fingerprint density at radius 2 is 1.23 bits per heavy atom. The lowest BCUT2D eigenvalue weighted by molar-refractivity contribution is 0.0710. The van der Waals surface area contributed by atoms with Crippen molar-refractivity contribution in [3.05, 3.63) is 108 Å². The second-order valence-corrected chi connectivity index (χ2v) is 8.72. The van der Waals surface area contributed by atoms with E-state index in [0.717, 1.165) is 45.7 Å². The number of hydrogen-bond donors (Lipinski definition) is 1. The Hall–Kier alpha value is -2.46. The molecule has 30 heavy (non-hydrogen) atoms. The van der Waals surface area contributed by atoms with Gasteiger partial charge in [-0.25, -0.2) is 0 Å². The van der Waals surface area contributed by atoms with Crippen molar-refractivity contribution in [1.29, 1.82) is 0 Å². The molecule has 0 aromatic heterocycles. The van der Waals surface area contributed by atoms with Crippen LogP contribution in [0.25, 0.3) is 0 Å². The zero-order valence-corrected chi connectivity index (χ0v) is 17.7. The summed E-state index contributed by atoms with van der Waals surface area (Å²) in [5, 5.41) is 10.4. The number of nitrogens with zero attached hydrogens (tertiary/aromatic N) is 2. The first kappa shape index (κ1) is 20.8. The molecule has 1 aliphatic rings. The van der Waals surface area contributed by atoms with Crippen LogP contribution < -0.4 is 0 Å². The Labute approximate surface area is 180 Å².